The van der Waals surface area contributed by atoms with E-state index in [4.69, 9.17) is 4.74 Å². The lowest BCUT2D eigenvalue weighted by atomic mass is 10.1. The first-order valence-corrected chi connectivity index (χ1v) is 7.99. The maximum absolute atomic E-state index is 5.06. The lowest BCUT2D eigenvalue weighted by Crippen LogP contribution is -2.54. The average Bonchev–Trinajstić information content (AvgIpc) is 2.98. The number of rotatable bonds is 7. The van der Waals surface area contributed by atoms with Crippen molar-refractivity contribution in [2.24, 2.45) is 0 Å². The van der Waals surface area contributed by atoms with E-state index in [0.29, 0.717) is 6.04 Å². The molecule has 112 valence electrons. The fourth-order valence-electron chi connectivity index (χ4n) is 3.43. The number of ether oxygens (including phenoxy) is 1. The molecule has 0 aromatic rings. The standard InChI is InChI=1S/C15H31N3O/c1-14(13-16-7-12-19-2)17-8-10-18(11-9-17)15-5-3-4-6-15/h14-16H,3-13H2,1-2H3. The number of piperazine rings is 1. The van der Waals surface area contributed by atoms with Crippen LogP contribution in [-0.4, -0.2) is 74.9 Å². The van der Waals surface area contributed by atoms with Crippen LogP contribution in [0.5, 0.6) is 0 Å². The third-order valence-corrected chi connectivity index (χ3v) is 4.74. The van der Waals surface area contributed by atoms with Gasteiger partial charge in [-0.2, -0.15) is 0 Å². The summed E-state index contributed by atoms with van der Waals surface area (Å²) in [6.45, 7) is 10.2. The Morgan fingerprint density at radius 3 is 2.47 bits per heavy atom. The van der Waals surface area contributed by atoms with Crippen molar-refractivity contribution >= 4 is 0 Å². The molecule has 4 heteroatoms. The van der Waals surface area contributed by atoms with Crippen molar-refractivity contribution in [3.8, 4) is 0 Å². The minimum atomic E-state index is 0.641. The zero-order chi connectivity index (χ0) is 13.5. The van der Waals surface area contributed by atoms with Gasteiger partial charge in [0.25, 0.3) is 0 Å². The number of hydrogen-bond acceptors (Lipinski definition) is 4. The van der Waals surface area contributed by atoms with Crippen LogP contribution in [0.3, 0.4) is 0 Å². The summed E-state index contributed by atoms with van der Waals surface area (Å²) >= 11 is 0. The maximum atomic E-state index is 5.06. The Kier molecular flexibility index (Phi) is 6.57. The minimum Gasteiger partial charge on any atom is -0.383 e. The van der Waals surface area contributed by atoms with Gasteiger partial charge in [-0.05, 0) is 19.8 Å². The molecule has 2 aliphatic rings. The molecule has 19 heavy (non-hydrogen) atoms. The van der Waals surface area contributed by atoms with Crippen molar-refractivity contribution in [1.29, 1.82) is 0 Å². The van der Waals surface area contributed by atoms with Gasteiger partial charge < -0.3 is 10.1 Å². The highest BCUT2D eigenvalue weighted by molar-refractivity contribution is 4.83. The van der Waals surface area contributed by atoms with Crippen LogP contribution >= 0.6 is 0 Å². The van der Waals surface area contributed by atoms with Gasteiger partial charge in [-0.1, -0.05) is 12.8 Å². The first kappa shape index (κ1) is 15.2. The summed E-state index contributed by atoms with van der Waals surface area (Å²) in [5.41, 5.74) is 0. The number of nitrogens with one attached hydrogen (secondary N) is 1. The van der Waals surface area contributed by atoms with Crippen molar-refractivity contribution in [2.45, 2.75) is 44.7 Å². The van der Waals surface area contributed by atoms with E-state index in [1.54, 1.807) is 7.11 Å². The quantitative estimate of drug-likeness (QED) is 0.702. The van der Waals surface area contributed by atoms with Gasteiger partial charge in [-0.15, -0.1) is 0 Å². The molecule has 1 unspecified atom stereocenters. The second-order valence-corrected chi connectivity index (χ2v) is 6.06. The summed E-state index contributed by atoms with van der Waals surface area (Å²) in [5, 5.41) is 3.47. The van der Waals surface area contributed by atoms with E-state index in [1.807, 2.05) is 0 Å². The van der Waals surface area contributed by atoms with Crippen LogP contribution in [-0.2, 0) is 4.74 Å². The average molecular weight is 269 g/mol. The largest absolute Gasteiger partial charge is 0.383 e. The van der Waals surface area contributed by atoms with E-state index >= 15 is 0 Å². The van der Waals surface area contributed by atoms with Crippen molar-refractivity contribution in [3.05, 3.63) is 0 Å². The van der Waals surface area contributed by atoms with Crippen LogP contribution in [0.4, 0.5) is 0 Å². The van der Waals surface area contributed by atoms with Crippen molar-refractivity contribution in [1.82, 2.24) is 15.1 Å². The molecule has 0 spiro atoms. The van der Waals surface area contributed by atoms with Crippen molar-refractivity contribution in [3.63, 3.8) is 0 Å². The van der Waals surface area contributed by atoms with Gasteiger partial charge in [0, 0.05) is 58.5 Å². The molecular weight excluding hydrogens is 238 g/mol. The Morgan fingerprint density at radius 1 is 1.16 bits per heavy atom. The molecule has 1 aliphatic heterocycles. The lowest BCUT2D eigenvalue weighted by molar-refractivity contribution is 0.0743. The molecule has 0 aromatic heterocycles. The zero-order valence-electron chi connectivity index (χ0n) is 12.7. The summed E-state index contributed by atoms with van der Waals surface area (Å²) in [6.07, 6.45) is 5.78. The highest BCUT2D eigenvalue weighted by Gasteiger charge is 2.27. The van der Waals surface area contributed by atoms with E-state index in [2.05, 4.69) is 22.0 Å². The van der Waals surface area contributed by atoms with Gasteiger partial charge in [0.15, 0.2) is 0 Å². The third kappa shape index (κ3) is 4.71. The normalized spacial score (nSPS) is 24.9. The molecule has 1 saturated carbocycles. The van der Waals surface area contributed by atoms with Crippen molar-refractivity contribution in [2.75, 3.05) is 53.0 Å². The van der Waals surface area contributed by atoms with Crippen LogP contribution in [0.1, 0.15) is 32.6 Å². The van der Waals surface area contributed by atoms with Gasteiger partial charge in [0.05, 0.1) is 6.61 Å². The Hall–Kier alpha value is -0.160. The van der Waals surface area contributed by atoms with Crippen LogP contribution in [0.2, 0.25) is 0 Å². The predicted molar refractivity (Wildman–Crippen MR) is 79.6 cm³/mol. The third-order valence-electron chi connectivity index (χ3n) is 4.74. The second kappa shape index (κ2) is 8.20. The molecule has 1 aliphatic carbocycles. The molecule has 0 radical (unpaired) electrons. The Balaban J connectivity index is 1.61. The summed E-state index contributed by atoms with van der Waals surface area (Å²) in [7, 11) is 1.76. The number of nitrogens with zero attached hydrogens (tertiary/aromatic N) is 2. The first-order valence-electron chi connectivity index (χ1n) is 7.99. The lowest BCUT2D eigenvalue weighted by Gasteiger charge is -2.40. The molecule has 0 aromatic carbocycles. The van der Waals surface area contributed by atoms with Gasteiger partial charge in [0.2, 0.25) is 0 Å². The summed E-state index contributed by atoms with van der Waals surface area (Å²) in [6, 6.07) is 1.54. The molecule has 1 N–H and O–H groups in total. The second-order valence-electron chi connectivity index (χ2n) is 6.06. The molecule has 0 amide bonds. The van der Waals surface area contributed by atoms with Gasteiger partial charge >= 0.3 is 0 Å². The SMILES string of the molecule is COCCNCC(C)N1CCN(C2CCCC2)CC1. The highest BCUT2D eigenvalue weighted by Crippen LogP contribution is 2.24. The van der Waals surface area contributed by atoms with Crippen LogP contribution in [0.15, 0.2) is 0 Å². The summed E-state index contributed by atoms with van der Waals surface area (Å²) < 4.78 is 5.06. The molecule has 4 nitrogen and oxygen atoms in total. The Morgan fingerprint density at radius 2 is 1.84 bits per heavy atom. The minimum absolute atomic E-state index is 0.641. The summed E-state index contributed by atoms with van der Waals surface area (Å²) in [4.78, 5) is 5.36. The fourth-order valence-corrected chi connectivity index (χ4v) is 3.43. The van der Waals surface area contributed by atoms with Crippen molar-refractivity contribution < 1.29 is 4.74 Å². The van der Waals surface area contributed by atoms with Gasteiger partial charge in [0.1, 0.15) is 0 Å². The first-order chi connectivity index (χ1) is 9.31. The van der Waals surface area contributed by atoms with Gasteiger partial charge in [-0.25, -0.2) is 0 Å². The van der Waals surface area contributed by atoms with Gasteiger partial charge in [-0.3, -0.25) is 9.80 Å². The monoisotopic (exact) mass is 269 g/mol. The Bertz CT molecular complexity index is 236. The molecule has 1 heterocycles. The van der Waals surface area contributed by atoms with Crippen LogP contribution in [0.25, 0.3) is 0 Å². The summed E-state index contributed by atoms with van der Waals surface area (Å²) in [5.74, 6) is 0. The molecule has 0 bridgehead atoms. The smallest absolute Gasteiger partial charge is 0.0587 e. The number of methoxy groups -OCH3 is 1. The number of hydrogen-bond donors (Lipinski definition) is 1. The molecule has 1 saturated heterocycles. The van der Waals surface area contributed by atoms with E-state index in [-0.39, 0.29) is 0 Å². The fraction of sp³-hybridized carbons (Fsp3) is 1.00. The van der Waals surface area contributed by atoms with Crippen LogP contribution in [0, 0.1) is 0 Å². The molecule has 2 rings (SSSR count). The predicted octanol–water partition coefficient (Wildman–Crippen LogP) is 1.17. The Labute approximate surface area is 118 Å². The van der Waals surface area contributed by atoms with Crippen LogP contribution < -0.4 is 5.32 Å². The van der Waals surface area contributed by atoms with E-state index < -0.39 is 0 Å². The van der Waals surface area contributed by atoms with E-state index in [9.17, 15) is 0 Å². The zero-order valence-corrected chi connectivity index (χ0v) is 12.7. The maximum Gasteiger partial charge on any atom is 0.0587 e. The molecular formula is C15H31N3O. The van der Waals surface area contributed by atoms with E-state index in [1.165, 1.54) is 51.9 Å². The van der Waals surface area contributed by atoms with E-state index in [0.717, 1.165) is 25.7 Å². The molecule has 2 fully saturated rings. The molecule has 1 atom stereocenters. The topological polar surface area (TPSA) is 27.7 Å². The highest BCUT2D eigenvalue weighted by atomic mass is 16.5.